The highest BCUT2D eigenvalue weighted by Gasteiger charge is 1.99. The van der Waals surface area contributed by atoms with Crippen LogP contribution in [-0.2, 0) is 0 Å². The van der Waals surface area contributed by atoms with Gasteiger partial charge in [-0.2, -0.15) is 9.97 Å². The Balaban J connectivity index is 2.47. The molecule has 0 aliphatic carbocycles. The molecule has 0 amide bonds. The van der Waals surface area contributed by atoms with Gasteiger partial charge in [0.05, 0.1) is 0 Å². The molecule has 1 rings (SSSR count). The third-order valence-corrected chi connectivity index (χ3v) is 1.87. The lowest BCUT2D eigenvalue weighted by Crippen LogP contribution is -2.06. The molecule has 15 heavy (non-hydrogen) atoms. The van der Waals surface area contributed by atoms with Crippen molar-refractivity contribution < 1.29 is 0 Å². The number of halogens is 1. The molecule has 0 aromatic carbocycles. The van der Waals surface area contributed by atoms with Gasteiger partial charge in [-0.05, 0) is 38.8 Å². The molecule has 0 saturated carbocycles. The number of aryl methyl sites for hydroxylation is 1. The van der Waals surface area contributed by atoms with E-state index in [1.165, 1.54) is 5.57 Å². The number of hydrogen-bond donors (Lipinski definition) is 1. The molecule has 1 heterocycles. The first-order valence-electron chi connectivity index (χ1n) is 4.83. The smallest absolute Gasteiger partial charge is 0.227 e. The number of anilines is 1. The monoisotopic (exact) mass is 226 g/mol. The van der Waals surface area contributed by atoms with Gasteiger partial charge >= 0.3 is 0 Å². The third-order valence-electron chi connectivity index (χ3n) is 1.70. The second-order valence-electron chi connectivity index (χ2n) is 3.47. The molecule has 0 aliphatic rings. The molecular weight excluding hydrogens is 212 g/mol. The summed E-state index contributed by atoms with van der Waals surface area (Å²) in [6, 6.07) is 0. The van der Waals surface area contributed by atoms with Crippen molar-refractivity contribution in [1.29, 1.82) is 0 Å². The van der Waals surface area contributed by atoms with Gasteiger partial charge in [0.25, 0.3) is 0 Å². The number of nitrogens with zero attached hydrogens (tertiary/aromatic N) is 3. The Morgan fingerprint density at radius 1 is 1.33 bits per heavy atom. The van der Waals surface area contributed by atoms with E-state index in [1.54, 1.807) is 6.92 Å². The first kappa shape index (κ1) is 11.9. The summed E-state index contributed by atoms with van der Waals surface area (Å²) >= 11 is 5.70. The van der Waals surface area contributed by atoms with Gasteiger partial charge in [-0.15, -0.1) is 0 Å². The second-order valence-corrected chi connectivity index (χ2v) is 3.81. The molecule has 0 fully saturated rings. The Morgan fingerprint density at radius 2 is 2.07 bits per heavy atom. The van der Waals surface area contributed by atoms with Crippen molar-refractivity contribution in [2.45, 2.75) is 27.2 Å². The Kier molecular flexibility index (Phi) is 4.49. The van der Waals surface area contributed by atoms with Crippen LogP contribution in [0.4, 0.5) is 5.95 Å². The largest absolute Gasteiger partial charge is 0.354 e. The summed E-state index contributed by atoms with van der Waals surface area (Å²) in [5.41, 5.74) is 1.31. The molecule has 0 saturated heterocycles. The van der Waals surface area contributed by atoms with Gasteiger partial charge in [-0.25, -0.2) is 4.98 Å². The summed E-state index contributed by atoms with van der Waals surface area (Å²) in [7, 11) is 0. The molecule has 5 heteroatoms. The van der Waals surface area contributed by atoms with Crippen LogP contribution in [0.3, 0.4) is 0 Å². The van der Waals surface area contributed by atoms with Gasteiger partial charge in [0.1, 0.15) is 5.82 Å². The summed E-state index contributed by atoms with van der Waals surface area (Å²) in [6.07, 6.45) is 3.10. The van der Waals surface area contributed by atoms with Crippen molar-refractivity contribution in [3.05, 3.63) is 22.8 Å². The highest BCUT2D eigenvalue weighted by molar-refractivity contribution is 6.28. The first-order chi connectivity index (χ1) is 7.08. The highest BCUT2D eigenvalue weighted by Crippen LogP contribution is 2.05. The van der Waals surface area contributed by atoms with Crippen molar-refractivity contribution in [3.63, 3.8) is 0 Å². The maximum Gasteiger partial charge on any atom is 0.227 e. The van der Waals surface area contributed by atoms with Crippen LogP contribution in [0.2, 0.25) is 5.28 Å². The Bertz CT molecular complexity index is 338. The normalized spacial score (nSPS) is 9.87. The molecule has 0 aliphatic heterocycles. The zero-order valence-corrected chi connectivity index (χ0v) is 9.97. The fourth-order valence-corrected chi connectivity index (χ4v) is 1.28. The minimum Gasteiger partial charge on any atom is -0.354 e. The van der Waals surface area contributed by atoms with E-state index in [-0.39, 0.29) is 5.28 Å². The number of hydrogen-bond acceptors (Lipinski definition) is 4. The lowest BCUT2D eigenvalue weighted by molar-refractivity contribution is 0.941. The number of nitrogens with one attached hydrogen (secondary N) is 1. The predicted octanol–water partition coefficient (Wildman–Crippen LogP) is 2.60. The van der Waals surface area contributed by atoms with E-state index in [0.29, 0.717) is 11.8 Å². The van der Waals surface area contributed by atoms with E-state index < -0.39 is 0 Å². The van der Waals surface area contributed by atoms with Crippen LogP contribution in [0.25, 0.3) is 0 Å². The van der Waals surface area contributed by atoms with Gasteiger partial charge < -0.3 is 5.32 Å². The van der Waals surface area contributed by atoms with Crippen molar-refractivity contribution in [3.8, 4) is 0 Å². The molecule has 4 nitrogen and oxygen atoms in total. The zero-order valence-electron chi connectivity index (χ0n) is 9.21. The molecule has 1 aromatic rings. The fraction of sp³-hybridized carbons (Fsp3) is 0.500. The molecule has 1 N–H and O–H groups in total. The molecular formula is C10H15ClN4. The quantitative estimate of drug-likeness (QED) is 0.634. The molecule has 0 atom stereocenters. The molecule has 0 unspecified atom stereocenters. The Hall–Kier alpha value is -1.16. The van der Waals surface area contributed by atoms with E-state index in [4.69, 9.17) is 11.6 Å². The van der Waals surface area contributed by atoms with Crippen molar-refractivity contribution in [1.82, 2.24) is 15.0 Å². The van der Waals surface area contributed by atoms with Crippen LogP contribution in [0.5, 0.6) is 0 Å². The minimum atomic E-state index is 0.229. The fourth-order valence-electron chi connectivity index (χ4n) is 1.07. The highest BCUT2D eigenvalue weighted by atomic mass is 35.5. The summed E-state index contributed by atoms with van der Waals surface area (Å²) in [5.74, 6) is 1.16. The minimum absolute atomic E-state index is 0.229. The summed E-state index contributed by atoms with van der Waals surface area (Å²) in [4.78, 5) is 12.0. The van der Waals surface area contributed by atoms with E-state index in [1.807, 2.05) is 0 Å². The van der Waals surface area contributed by atoms with Crippen LogP contribution >= 0.6 is 11.6 Å². The van der Waals surface area contributed by atoms with Crippen molar-refractivity contribution in [2.24, 2.45) is 0 Å². The first-order valence-corrected chi connectivity index (χ1v) is 5.21. The van der Waals surface area contributed by atoms with Gasteiger partial charge in [-0.1, -0.05) is 11.6 Å². The summed E-state index contributed by atoms with van der Waals surface area (Å²) < 4.78 is 0. The van der Waals surface area contributed by atoms with Crippen molar-refractivity contribution >= 4 is 17.5 Å². The Labute approximate surface area is 94.8 Å². The maximum atomic E-state index is 5.70. The maximum absolute atomic E-state index is 5.70. The van der Waals surface area contributed by atoms with Gasteiger partial charge in [0, 0.05) is 6.54 Å². The lowest BCUT2D eigenvalue weighted by atomic mass is 10.3. The summed E-state index contributed by atoms with van der Waals surface area (Å²) in [6.45, 7) is 6.73. The topological polar surface area (TPSA) is 50.7 Å². The molecule has 0 spiro atoms. The Morgan fingerprint density at radius 3 is 2.67 bits per heavy atom. The number of allylic oxidation sites excluding steroid dienone is 1. The van der Waals surface area contributed by atoms with E-state index in [0.717, 1.165) is 13.0 Å². The van der Waals surface area contributed by atoms with E-state index in [2.05, 4.69) is 40.2 Å². The molecule has 0 radical (unpaired) electrons. The van der Waals surface area contributed by atoms with Crippen molar-refractivity contribution in [2.75, 3.05) is 11.9 Å². The van der Waals surface area contributed by atoms with Gasteiger partial charge in [0.15, 0.2) is 0 Å². The van der Waals surface area contributed by atoms with Crippen LogP contribution < -0.4 is 5.32 Å². The molecule has 1 aromatic heterocycles. The van der Waals surface area contributed by atoms with Crippen LogP contribution in [0.1, 0.15) is 26.1 Å². The number of aromatic nitrogens is 3. The van der Waals surface area contributed by atoms with E-state index >= 15 is 0 Å². The summed E-state index contributed by atoms with van der Waals surface area (Å²) in [5, 5.41) is 3.32. The number of rotatable bonds is 4. The van der Waals surface area contributed by atoms with Crippen LogP contribution in [-0.4, -0.2) is 21.5 Å². The SMILES string of the molecule is CC(C)=CCCNc1nc(C)nc(Cl)n1. The zero-order chi connectivity index (χ0) is 11.3. The van der Waals surface area contributed by atoms with E-state index in [9.17, 15) is 0 Å². The average Bonchev–Trinajstić information content (AvgIpc) is 2.10. The lowest BCUT2D eigenvalue weighted by Gasteiger charge is -2.03. The average molecular weight is 227 g/mol. The van der Waals surface area contributed by atoms with Gasteiger partial charge in [-0.3, -0.25) is 0 Å². The standard InChI is InChI=1S/C10H15ClN4/c1-7(2)5-4-6-12-10-14-8(3)13-9(11)15-10/h5H,4,6H2,1-3H3,(H,12,13,14,15). The van der Waals surface area contributed by atoms with Crippen LogP contribution in [0.15, 0.2) is 11.6 Å². The molecule has 0 bridgehead atoms. The predicted molar refractivity (Wildman–Crippen MR) is 62.1 cm³/mol. The van der Waals surface area contributed by atoms with Crippen LogP contribution in [0, 0.1) is 6.92 Å². The molecule has 82 valence electrons. The second kappa shape index (κ2) is 5.66. The van der Waals surface area contributed by atoms with Gasteiger partial charge in [0.2, 0.25) is 11.2 Å². The third kappa shape index (κ3) is 4.74.